The van der Waals surface area contributed by atoms with Crippen LogP contribution in [0.4, 0.5) is 0 Å². The van der Waals surface area contributed by atoms with Gasteiger partial charge in [0.2, 0.25) is 0 Å². The summed E-state index contributed by atoms with van der Waals surface area (Å²) in [6.45, 7) is 8.78. The minimum atomic E-state index is -0.689. The summed E-state index contributed by atoms with van der Waals surface area (Å²) < 4.78 is 2.12. The number of benzene rings is 1. The van der Waals surface area contributed by atoms with E-state index in [1.54, 1.807) is 0 Å². The molecule has 0 fully saturated rings. The standard InChI is InChI=1S/C22H35N5O.HI/c1-4-12-22(28,13-5-2)18-26-21(23-6-3)25-16-20-24-14-15-27(20)17-19-10-8-7-9-11-19;/h7-11,14-15,28H,4-6,12-13,16-18H2,1-3H3,(H2,23,25,26);1H. The number of aliphatic hydroxyl groups is 1. The Labute approximate surface area is 192 Å². The van der Waals surface area contributed by atoms with Gasteiger partial charge in [-0.25, -0.2) is 9.98 Å². The molecule has 2 rings (SSSR count). The molecule has 2 aromatic rings. The van der Waals surface area contributed by atoms with Crippen LogP contribution in [-0.4, -0.2) is 39.3 Å². The average Bonchev–Trinajstić information content (AvgIpc) is 3.12. The molecule has 0 bridgehead atoms. The van der Waals surface area contributed by atoms with E-state index in [1.807, 2.05) is 37.5 Å². The lowest BCUT2D eigenvalue weighted by Crippen LogP contribution is -2.47. The number of aromatic nitrogens is 2. The van der Waals surface area contributed by atoms with Crippen molar-refractivity contribution in [2.24, 2.45) is 4.99 Å². The smallest absolute Gasteiger partial charge is 0.191 e. The van der Waals surface area contributed by atoms with E-state index in [4.69, 9.17) is 0 Å². The molecule has 0 aliphatic rings. The molecular weight excluding hydrogens is 477 g/mol. The highest BCUT2D eigenvalue weighted by atomic mass is 127. The van der Waals surface area contributed by atoms with Gasteiger partial charge in [-0.05, 0) is 25.3 Å². The average molecular weight is 513 g/mol. The first-order valence-corrected chi connectivity index (χ1v) is 10.4. The van der Waals surface area contributed by atoms with Crippen molar-refractivity contribution in [2.75, 3.05) is 13.1 Å². The Kier molecular flexibility index (Phi) is 11.9. The van der Waals surface area contributed by atoms with E-state index in [0.717, 1.165) is 44.6 Å². The number of halogens is 1. The van der Waals surface area contributed by atoms with Crippen molar-refractivity contribution >= 4 is 29.9 Å². The fraction of sp³-hybridized carbons (Fsp3) is 0.545. The Morgan fingerprint density at radius 1 is 1.10 bits per heavy atom. The highest BCUT2D eigenvalue weighted by Crippen LogP contribution is 2.18. The maximum absolute atomic E-state index is 10.8. The summed E-state index contributed by atoms with van der Waals surface area (Å²) in [5.74, 6) is 1.63. The van der Waals surface area contributed by atoms with Crippen LogP contribution >= 0.6 is 24.0 Å². The number of hydrogen-bond donors (Lipinski definition) is 3. The molecule has 0 saturated heterocycles. The first-order chi connectivity index (χ1) is 13.6. The molecule has 3 N–H and O–H groups in total. The molecule has 1 aromatic heterocycles. The molecular formula is C22H36IN5O. The fourth-order valence-electron chi connectivity index (χ4n) is 3.39. The zero-order chi connectivity index (χ0) is 20.2. The third-order valence-corrected chi connectivity index (χ3v) is 4.74. The molecule has 0 spiro atoms. The Morgan fingerprint density at radius 2 is 1.79 bits per heavy atom. The SMILES string of the molecule is CCCC(O)(CCC)CNC(=NCc1nccn1Cc1ccccc1)NCC.I. The van der Waals surface area contributed by atoms with Gasteiger partial charge in [0.1, 0.15) is 12.4 Å². The predicted octanol–water partition coefficient (Wildman–Crippen LogP) is 3.94. The van der Waals surface area contributed by atoms with Crippen molar-refractivity contribution < 1.29 is 5.11 Å². The van der Waals surface area contributed by atoms with Gasteiger partial charge in [0.05, 0.1) is 5.60 Å². The van der Waals surface area contributed by atoms with Crippen LogP contribution < -0.4 is 10.6 Å². The van der Waals surface area contributed by atoms with Crippen LogP contribution in [0.5, 0.6) is 0 Å². The summed E-state index contributed by atoms with van der Waals surface area (Å²) in [6.07, 6.45) is 7.30. The second-order valence-corrected chi connectivity index (χ2v) is 7.23. The molecule has 6 nitrogen and oxygen atoms in total. The monoisotopic (exact) mass is 513 g/mol. The van der Waals surface area contributed by atoms with Gasteiger partial charge >= 0.3 is 0 Å². The number of hydrogen-bond acceptors (Lipinski definition) is 3. The second kappa shape index (κ2) is 13.6. The maximum atomic E-state index is 10.8. The topological polar surface area (TPSA) is 74.5 Å². The minimum absolute atomic E-state index is 0. The largest absolute Gasteiger partial charge is 0.388 e. The second-order valence-electron chi connectivity index (χ2n) is 7.23. The van der Waals surface area contributed by atoms with Crippen LogP contribution in [0.2, 0.25) is 0 Å². The van der Waals surface area contributed by atoms with Gasteiger partial charge < -0.3 is 20.3 Å². The van der Waals surface area contributed by atoms with Gasteiger partial charge in [0.25, 0.3) is 0 Å². The summed E-state index contributed by atoms with van der Waals surface area (Å²) in [6, 6.07) is 10.3. The van der Waals surface area contributed by atoms with Crippen molar-refractivity contribution in [3.63, 3.8) is 0 Å². The lowest BCUT2D eigenvalue weighted by molar-refractivity contribution is 0.0257. The van der Waals surface area contributed by atoms with E-state index in [1.165, 1.54) is 5.56 Å². The van der Waals surface area contributed by atoms with Crippen molar-refractivity contribution in [2.45, 2.75) is 65.1 Å². The van der Waals surface area contributed by atoms with Crippen molar-refractivity contribution in [1.82, 2.24) is 20.2 Å². The predicted molar refractivity (Wildman–Crippen MR) is 131 cm³/mol. The number of guanidine groups is 1. The van der Waals surface area contributed by atoms with E-state index in [2.05, 4.69) is 51.2 Å². The normalized spacial score (nSPS) is 11.8. The fourth-order valence-corrected chi connectivity index (χ4v) is 3.39. The van der Waals surface area contributed by atoms with E-state index in [9.17, 15) is 5.11 Å². The molecule has 1 aromatic carbocycles. The minimum Gasteiger partial charge on any atom is -0.388 e. The zero-order valence-electron chi connectivity index (χ0n) is 17.9. The first-order valence-electron chi connectivity index (χ1n) is 10.4. The third kappa shape index (κ3) is 8.74. The van der Waals surface area contributed by atoms with Crippen LogP contribution in [0.3, 0.4) is 0 Å². The molecule has 0 aliphatic heterocycles. The van der Waals surface area contributed by atoms with Crippen LogP contribution in [0.15, 0.2) is 47.7 Å². The molecule has 0 aliphatic carbocycles. The maximum Gasteiger partial charge on any atom is 0.191 e. The van der Waals surface area contributed by atoms with Crippen molar-refractivity contribution in [3.8, 4) is 0 Å². The number of aliphatic imine (C=N–C) groups is 1. The van der Waals surface area contributed by atoms with Crippen LogP contribution in [-0.2, 0) is 13.1 Å². The third-order valence-electron chi connectivity index (χ3n) is 4.74. The van der Waals surface area contributed by atoms with Crippen LogP contribution in [0, 0.1) is 0 Å². The number of nitrogens with one attached hydrogen (secondary N) is 2. The molecule has 0 radical (unpaired) electrons. The summed E-state index contributed by atoms with van der Waals surface area (Å²) in [4.78, 5) is 9.14. The van der Waals surface area contributed by atoms with Crippen molar-refractivity contribution in [3.05, 3.63) is 54.1 Å². The number of imidazole rings is 1. The molecule has 0 atom stereocenters. The summed E-state index contributed by atoms with van der Waals surface area (Å²) in [7, 11) is 0. The van der Waals surface area contributed by atoms with E-state index in [0.29, 0.717) is 19.0 Å². The highest BCUT2D eigenvalue weighted by molar-refractivity contribution is 14.0. The first kappa shape index (κ1) is 25.4. The Balaban J connectivity index is 0.00000420. The molecule has 0 amide bonds. The molecule has 7 heteroatoms. The summed E-state index contributed by atoms with van der Waals surface area (Å²) in [5, 5.41) is 17.4. The van der Waals surface area contributed by atoms with E-state index < -0.39 is 5.60 Å². The Bertz CT molecular complexity index is 711. The molecule has 0 saturated carbocycles. The van der Waals surface area contributed by atoms with Gasteiger partial charge in [-0.3, -0.25) is 0 Å². The number of rotatable bonds is 11. The van der Waals surface area contributed by atoms with Gasteiger partial charge in [-0.1, -0.05) is 57.0 Å². The van der Waals surface area contributed by atoms with Crippen LogP contribution in [0.1, 0.15) is 57.8 Å². The quantitative estimate of drug-likeness (QED) is 0.242. The summed E-state index contributed by atoms with van der Waals surface area (Å²) >= 11 is 0. The summed E-state index contributed by atoms with van der Waals surface area (Å²) in [5.41, 5.74) is 0.547. The zero-order valence-corrected chi connectivity index (χ0v) is 20.2. The Hall–Kier alpha value is -1.61. The van der Waals surface area contributed by atoms with Crippen molar-refractivity contribution in [1.29, 1.82) is 0 Å². The molecule has 29 heavy (non-hydrogen) atoms. The number of nitrogens with zero attached hydrogens (tertiary/aromatic N) is 3. The molecule has 0 unspecified atom stereocenters. The highest BCUT2D eigenvalue weighted by Gasteiger charge is 2.24. The van der Waals surface area contributed by atoms with Gasteiger partial charge in [-0.2, -0.15) is 0 Å². The lowest BCUT2D eigenvalue weighted by Gasteiger charge is -2.28. The molecule has 162 valence electrons. The van der Waals surface area contributed by atoms with E-state index >= 15 is 0 Å². The molecule has 1 heterocycles. The Morgan fingerprint density at radius 3 is 2.41 bits per heavy atom. The van der Waals surface area contributed by atoms with Crippen LogP contribution in [0.25, 0.3) is 0 Å². The lowest BCUT2D eigenvalue weighted by atomic mass is 9.93. The van der Waals surface area contributed by atoms with Gasteiger partial charge in [0.15, 0.2) is 5.96 Å². The van der Waals surface area contributed by atoms with Gasteiger partial charge in [0, 0.05) is 32.0 Å². The van der Waals surface area contributed by atoms with Gasteiger partial charge in [-0.15, -0.1) is 24.0 Å². The van der Waals surface area contributed by atoms with E-state index in [-0.39, 0.29) is 24.0 Å².